The van der Waals surface area contributed by atoms with Gasteiger partial charge in [-0.05, 0) is 36.6 Å². The summed E-state index contributed by atoms with van der Waals surface area (Å²) >= 11 is 1.03. The van der Waals surface area contributed by atoms with Gasteiger partial charge in [0.2, 0.25) is 6.10 Å². The Bertz CT molecular complexity index is 1080. The number of rotatable bonds is 6. The van der Waals surface area contributed by atoms with Crippen molar-refractivity contribution in [2.24, 2.45) is 0 Å². The van der Waals surface area contributed by atoms with Crippen LogP contribution in [0.4, 0.5) is 5.69 Å². The number of thiophene rings is 1. The molecule has 0 bridgehead atoms. The van der Waals surface area contributed by atoms with Crippen molar-refractivity contribution in [3.8, 4) is 5.75 Å². The molecule has 0 aliphatic carbocycles. The van der Waals surface area contributed by atoms with Gasteiger partial charge in [0.05, 0.1) is 29.5 Å². The van der Waals surface area contributed by atoms with Gasteiger partial charge < -0.3 is 9.47 Å². The molecule has 2 aromatic rings. The third-order valence-electron chi connectivity index (χ3n) is 4.13. The van der Waals surface area contributed by atoms with E-state index in [4.69, 9.17) is 9.47 Å². The van der Waals surface area contributed by atoms with Gasteiger partial charge >= 0.3 is 5.97 Å². The van der Waals surface area contributed by atoms with E-state index >= 15 is 0 Å². The molecule has 1 aliphatic heterocycles. The Morgan fingerprint density at radius 3 is 2.61 bits per heavy atom. The van der Waals surface area contributed by atoms with Gasteiger partial charge in [-0.1, -0.05) is 13.0 Å². The molecule has 0 fully saturated rings. The first kappa shape index (κ1) is 20.6. The van der Waals surface area contributed by atoms with Gasteiger partial charge in [-0.25, -0.2) is 21.6 Å². The molecule has 8 nitrogen and oxygen atoms in total. The highest BCUT2D eigenvalue weighted by molar-refractivity contribution is 7.94. The van der Waals surface area contributed by atoms with E-state index in [-0.39, 0.29) is 39.4 Å². The molecule has 0 saturated carbocycles. The van der Waals surface area contributed by atoms with Gasteiger partial charge in [0.1, 0.15) is 9.96 Å². The van der Waals surface area contributed by atoms with Crippen molar-refractivity contribution in [1.82, 2.24) is 0 Å². The lowest BCUT2D eigenvalue weighted by atomic mass is 10.2. The van der Waals surface area contributed by atoms with Gasteiger partial charge in [0, 0.05) is 0 Å². The van der Waals surface area contributed by atoms with Crippen LogP contribution in [0.1, 0.15) is 13.8 Å². The van der Waals surface area contributed by atoms with E-state index in [0.29, 0.717) is 0 Å². The Balaban J connectivity index is 2.14. The highest BCUT2D eigenvalue weighted by Gasteiger charge is 2.39. The summed E-state index contributed by atoms with van der Waals surface area (Å²) in [7, 11) is -7.57. The molecular formula is C17H19NO7S3. The van der Waals surface area contributed by atoms with Crippen LogP contribution in [-0.4, -0.2) is 47.8 Å². The molecule has 3 rings (SSSR count). The molecule has 0 amide bonds. The van der Waals surface area contributed by atoms with Crippen LogP contribution in [0, 0.1) is 0 Å². The summed E-state index contributed by atoms with van der Waals surface area (Å²) in [5.41, 5.74) is 0.0727. The van der Waals surface area contributed by atoms with Crippen LogP contribution in [0.3, 0.4) is 0 Å². The maximum Gasteiger partial charge on any atom is 0.349 e. The van der Waals surface area contributed by atoms with Crippen molar-refractivity contribution < 1.29 is 31.1 Å². The maximum atomic E-state index is 13.1. The van der Waals surface area contributed by atoms with Crippen LogP contribution < -0.4 is 9.04 Å². The van der Waals surface area contributed by atoms with E-state index in [0.717, 1.165) is 15.6 Å². The molecule has 0 N–H and O–H groups in total. The SMILES string of the molecule is CCOC(=O)[C@H]1CN(S(=O)(=O)c2cccs2)c2cc(S(=O)(=O)CC)ccc2O1. The standard InChI is InChI=1S/C17H19NO7S3/c1-3-24-17(19)15-11-18(28(22,23)16-6-5-9-26-16)13-10-12(27(20,21)4-2)7-8-14(13)25-15/h5-10,15H,3-4,11H2,1-2H3/t15-/m1/s1. The number of fused-ring (bicyclic) bond motifs is 1. The van der Waals surface area contributed by atoms with Gasteiger partial charge in [-0.15, -0.1) is 11.3 Å². The van der Waals surface area contributed by atoms with Gasteiger partial charge in [0.25, 0.3) is 10.0 Å². The molecule has 2 heterocycles. The molecule has 11 heteroatoms. The van der Waals surface area contributed by atoms with Gasteiger partial charge in [-0.3, -0.25) is 4.31 Å². The number of hydrogen-bond donors (Lipinski definition) is 0. The lowest BCUT2D eigenvalue weighted by Gasteiger charge is -2.34. The summed E-state index contributed by atoms with van der Waals surface area (Å²) in [6.07, 6.45) is -1.16. The van der Waals surface area contributed by atoms with Crippen molar-refractivity contribution in [2.75, 3.05) is 23.2 Å². The first-order valence-electron chi connectivity index (χ1n) is 8.47. The van der Waals surface area contributed by atoms with Gasteiger partial charge in [-0.2, -0.15) is 0 Å². The fourth-order valence-electron chi connectivity index (χ4n) is 2.70. The number of carbonyl (C=O) groups excluding carboxylic acids is 1. The number of anilines is 1. The van der Waals surface area contributed by atoms with Crippen LogP contribution in [0.15, 0.2) is 44.8 Å². The van der Waals surface area contributed by atoms with Crippen molar-refractivity contribution in [3.05, 3.63) is 35.7 Å². The van der Waals surface area contributed by atoms with E-state index < -0.39 is 31.9 Å². The number of nitrogens with zero attached hydrogens (tertiary/aromatic N) is 1. The zero-order valence-electron chi connectivity index (χ0n) is 15.2. The normalized spacial score (nSPS) is 16.9. The highest BCUT2D eigenvalue weighted by atomic mass is 32.2. The zero-order valence-corrected chi connectivity index (χ0v) is 17.6. The van der Waals surface area contributed by atoms with E-state index in [9.17, 15) is 21.6 Å². The summed E-state index contributed by atoms with van der Waals surface area (Å²) in [5, 5.41) is 1.62. The molecule has 28 heavy (non-hydrogen) atoms. The second kappa shape index (κ2) is 7.72. The molecule has 0 unspecified atom stereocenters. The Morgan fingerprint density at radius 2 is 2.00 bits per heavy atom. The van der Waals surface area contributed by atoms with Crippen LogP contribution in [0.25, 0.3) is 0 Å². The first-order valence-corrected chi connectivity index (χ1v) is 12.4. The summed E-state index contributed by atoms with van der Waals surface area (Å²) in [4.78, 5) is 12.2. The highest BCUT2D eigenvalue weighted by Crippen LogP contribution is 2.39. The topological polar surface area (TPSA) is 107 Å². The molecule has 1 aromatic carbocycles. The summed E-state index contributed by atoms with van der Waals surface area (Å²) in [5.74, 6) is -0.722. The van der Waals surface area contributed by atoms with Crippen molar-refractivity contribution in [1.29, 1.82) is 0 Å². The van der Waals surface area contributed by atoms with Crippen molar-refractivity contribution >= 4 is 42.9 Å². The minimum Gasteiger partial charge on any atom is -0.475 e. The second-order valence-corrected chi connectivity index (χ2v) is 11.2. The second-order valence-electron chi connectivity index (χ2n) is 5.86. The van der Waals surface area contributed by atoms with Crippen LogP contribution in [-0.2, 0) is 29.4 Å². The number of ether oxygens (including phenoxy) is 2. The summed E-state index contributed by atoms with van der Waals surface area (Å²) in [6, 6.07) is 7.00. The molecule has 1 aliphatic rings. The van der Waals surface area contributed by atoms with E-state index in [2.05, 4.69) is 0 Å². The summed E-state index contributed by atoms with van der Waals surface area (Å²) < 4.78 is 62.5. The average Bonchev–Trinajstić information content (AvgIpc) is 3.22. The average molecular weight is 446 g/mol. The largest absolute Gasteiger partial charge is 0.475 e. The third kappa shape index (κ3) is 3.74. The minimum atomic E-state index is -4.01. The molecule has 1 atom stereocenters. The number of sulfone groups is 1. The lowest BCUT2D eigenvalue weighted by Crippen LogP contribution is -2.47. The number of benzene rings is 1. The monoisotopic (exact) mass is 445 g/mol. The van der Waals surface area contributed by atoms with E-state index in [1.54, 1.807) is 18.4 Å². The number of sulfonamides is 1. The van der Waals surface area contributed by atoms with Crippen molar-refractivity contribution in [3.63, 3.8) is 0 Å². The molecule has 0 saturated heterocycles. The fourth-order valence-corrected chi connectivity index (χ4v) is 6.17. The van der Waals surface area contributed by atoms with Crippen LogP contribution in [0.5, 0.6) is 5.75 Å². The van der Waals surface area contributed by atoms with Crippen LogP contribution >= 0.6 is 11.3 Å². The molecule has 0 radical (unpaired) electrons. The molecular weight excluding hydrogens is 426 g/mol. The van der Waals surface area contributed by atoms with Crippen molar-refractivity contribution in [2.45, 2.75) is 29.1 Å². The van der Waals surface area contributed by atoms with E-state index in [1.807, 2.05) is 0 Å². The Hall–Kier alpha value is -2.11. The predicted molar refractivity (Wildman–Crippen MR) is 104 cm³/mol. The lowest BCUT2D eigenvalue weighted by molar-refractivity contribution is -0.151. The molecule has 152 valence electrons. The smallest absolute Gasteiger partial charge is 0.349 e. The number of esters is 1. The molecule has 1 aromatic heterocycles. The quantitative estimate of drug-likeness (QED) is 0.627. The Morgan fingerprint density at radius 1 is 1.25 bits per heavy atom. The first-order chi connectivity index (χ1) is 13.2. The number of carbonyl (C=O) groups is 1. The third-order valence-corrected chi connectivity index (χ3v) is 9.01. The van der Waals surface area contributed by atoms with Crippen LogP contribution in [0.2, 0.25) is 0 Å². The zero-order chi connectivity index (χ0) is 20.5. The minimum absolute atomic E-state index is 0.0154. The summed E-state index contributed by atoms with van der Waals surface area (Å²) in [6.45, 7) is 2.94. The van der Waals surface area contributed by atoms with E-state index in [1.165, 1.54) is 31.2 Å². The van der Waals surface area contributed by atoms with Gasteiger partial charge in [0.15, 0.2) is 9.84 Å². The fraction of sp³-hybridized carbons (Fsp3) is 0.353. The maximum absolute atomic E-state index is 13.1. The Labute approximate surface area is 167 Å². The predicted octanol–water partition coefficient (Wildman–Crippen LogP) is 2.06. The Kier molecular flexibility index (Phi) is 5.69. The molecule has 0 spiro atoms. The number of hydrogen-bond acceptors (Lipinski definition) is 8.